The van der Waals surface area contributed by atoms with Gasteiger partial charge in [-0.2, -0.15) is 0 Å². The van der Waals surface area contributed by atoms with Crippen LogP contribution in [-0.2, 0) is 4.79 Å². The fourth-order valence-electron chi connectivity index (χ4n) is 1.86. The van der Waals surface area contributed by atoms with Crippen LogP contribution in [0, 0.1) is 0 Å². The van der Waals surface area contributed by atoms with E-state index in [1.54, 1.807) is 0 Å². The number of benzene rings is 1. The van der Waals surface area contributed by atoms with Gasteiger partial charge in [0.05, 0.1) is 0 Å². The third-order valence-corrected chi connectivity index (χ3v) is 2.88. The summed E-state index contributed by atoms with van der Waals surface area (Å²) in [5.74, 6) is 0.584. The Morgan fingerprint density at radius 2 is 2.16 bits per heavy atom. The first-order chi connectivity index (χ1) is 9.02. The molecule has 4 nitrogen and oxygen atoms in total. The zero-order valence-corrected chi connectivity index (χ0v) is 12.0. The van der Waals surface area contributed by atoms with Crippen LogP contribution in [-0.4, -0.2) is 18.6 Å². The van der Waals surface area contributed by atoms with Crippen molar-refractivity contribution in [3.05, 3.63) is 29.8 Å². The monoisotopic (exact) mass is 264 g/mol. The second-order valence-corrected chi connectivity index (χ2v) is 4.91. The Bertz CT molecular complexity index is 405. The second-order valence-electron chi connectivity index (χ2n) is 4.91. The summed E-state index contributed by atoms with van der Waals surface area (Å²) in [7, 11) is 0. The van der Waals surface area contributed by atoms with E-state index in [4.69, 9.17) is 10.5 Å². The number of nitrogens with one attached hydrogen (secondary N) is 1. The molecule has 0 heterocycles. The van der Waals surface area contributed by atoms with Crippen molar-refractivity contribution < 1.29 is 9.53 Å². The topological polar surface area (TPSA) is 64.3 Å². The highest BCUT2D eigenvalue weighted by Crippen LogP contribution is 2.17. The number of carbonyl (C=O) groups excluding carboxylic acids is 1. The molecule has 106 valence electrons. The molecule has 0 aliphatic rings. The van der Waals surface area contributed by atoms with Crippen molar-refractivity contribution >= 4 is 5.91 Å². The molecule has 19 heavy (non-hydrogen) atoms. The van der Waals surface area contributed by atoms with Crippen LogP contribution < -0.4 is 15.8 Å². The standard InChI is InChI=1S/C15H24N2O2/c1-4-6-11(2)17-15(18)10-19-14-8-5-7-13(9-14)12(3)16/h5,7-9,11-12H,4,6,10,16H2,1-3H3,(H,17,18). The number of hydrogen-bond acceptors (Lipinski definition) is 3. The van der Waals surface area contributed by atoms with Gasteiger partial charge in [-0.25, -0.2) is 0 Å². The molecule has 1 aromatic carbocycles. The predicted octanol–water partition coefficient (Wildman–Crippen LogP) is 2.39. The number of ether oxygens (including phenoxy) is 1. The number of carbonyl (C=O) groups is 1. The molecule has 4 heteroatoms. The van der Waals surface area contributed by atoms with Crippen LogP contribution >= 0.6 is 0 Å². The minimum Gasteiger partial charge on any atom is -0.484 e. The van der Waals surface area contributed by atoms with Crippen molar-refractivity contribution in [2.24, 2.45) is 5.73 Å². The number of hydrogen-bond donors (Lipinski definition) is 2. The van der Waals surface area contributed by atoms with Gasteiger partial charge in [-0.15, -0.1) is 0 Å². The number of rotatable bonds is 7. The maximum absolute atomic E-state index is 11.7. The van der Waals surface area contributed by atoms with Gasteiger partial charge in [0.1, 0.15) is 5.75 Å². The second kappa shape index (κ2) is 7.79. The van der Waals surface area contributed by atoms with Gasteiger partial charge < -0.3 is 15.8 Å². The Labute approximate surface area is 115 Å². The Hall–Kier alpha value is -1.55. The van der Waals surface area contributed by atoms with Crippen LogP contribution in [0.3, 0.4) is 0 Å². The molecule has 0 saturated heterocycles. The van der Waals surface area contributed by atoms with Crippen molar-refractivity contribution in [1.29, 1.82) is 0 Å². The van der Waals surface area contributed by atoms with Gasteiger partial charge in [0, 0.05) is 12.1 Å². The Kier molecular flexibility index (Phi) is 6.36. The molecule has 1 aromatic rings. The lowest BCUT2D eigenvalue weighted by Crippen LogP contribution is -2.35. The zero-order valence-electron chi connectivity index (χ0n) is 12.0. The van der Waals surface area contributed by atoms with Crippen LogP contribution in [0.15, 0.2) is 24.3 Å². The lowest BCUT2D eigenvalue weighted by Gasteiger charge is -2.14. The van der Waals surface area contributed by atoms with E-state index in [1.165, 1.54) is 0 Å². The highest BCUT2D eigenvalue weighted by atomic mass is 16.5. The summed E-state index contributed by atoms with van der Waals surface area (Å²) in [6, 6.07) is 7.67. The summed E-state index contributed by atoms with van der Waals surface area (Å²) in [6.45, 7) is 6.05. The van der Waals surface area contributed by atoms with Crippen LogP contribution in [0.5, 0.6) is 5.75 Å². The first-order valence-corrected chi connectivity index (χ1v) is 6.80. The third-order valence-electron chi connectivity index (χ3n) is 2.88. The number of amides is 1. The summed E-state index contributed by atoms with van der Waals surface area (Å²) < 4.78 is 5.47. The molecular formula is C15H24N2O2. The van der Waals surface area contributed by atoms with E-state index in [1.807, 2.05) is 38.1 Å². The highest BCUT2D eigenvalue weighted by Gasteiger charge is 2.08. The first kappa shape index (κ1) is 15.5. The molecule has 1 amide bonds. The molecule has 0 radical (unpaired) electrons. The molecular weight excluding hydrogens is 240 g/mol. The average Bonchev–Trinajstić information content (AvgIpc) is 2.37. The van der Waals surface area contributed by atoms with E-state index in [0.717, 1.165) is 18.4 Å². The smallest absolute Gasteiger partial charge is 0.258 e. The van der Waals surface area contributed by atoms with E-state index >= 15 is 0 Å². The molecule has 0 aliphatic heterocycles. The molecule has 0 fully saturated rings. The maximum Gasteiger partial charge on any atom is 0.258 e. The predicted molar refractivity (Wildman–Crippen MR) is 77.1 cm³/mol. The van der Waals surface area contributed by atoms with Gasteiger partial charge in [0.2, 0.25) is 0 Å². The molecule has 0 saturated carbocycles. The van der Waals surface area contributed by atoms with Crippen LogP contribution in [0.4, 0.5) is 0 Å². The van der Waals surface area contributed by atoms with E-state index in [-0.39, 0.29) is 24.6 Å². The number of nitrogens with two attached hydrogens (primary N) is 1. The van der Waals surface area contributed by atoms with Gasteiger partial charge >= 0.3 is 0 Å². The van der Waals surface area contributed by atoms with Crippen molar-refractivity contribution in [2.45, 2.75) is 45.7 Å². The van der Waals surface area contributed by atoms with Crippen molar-refractivity contribution in [3.63, 3.8) is 0 Å². The maximum atomic E-state index is 11.7. The lowest BCUT2D eigenvalue weighted by molar-refractivity contribution is -0.123. The van der Waals surface area contributed by atoms with E-state index < -0.39 is 0 Å². The van der Waals surface area contributed by atoms with Gasteiger partial charge in [0.15, 0.2) is 6.61 Å². The van der Waals surface area contributed by atoms with Crippen molar-refractivity contribution in [3.8, 4) is 5.75 Å². The Morgan fingerprint density at radius 3 is 2.79 bits per heavy atom. The van der Waals surface area contributed by atoms with Gasteiger partial charge in [0.25, 0.3) is 5.91 Å². The summed E-state index contributed by atoms with van der Waals surface area (Å²) >= 11 is 0. The zero-order chi connectivity index (χ0) is 14.3. The Morgan fingerprint density at radius 1 is 1.42 bits per heavy atom. The summed E-state index contributed by atoms with van der Waals surface area (Å²) in [6.07, 6.45) is 2.03. The van der Waals surface area contributed by atoms with Crippen LogP contribution in [0.1, 0.15) is 45.2 Å². The fourth-order valence-corrected chi connectivity index (χ4v) is 1.86. The molecule has 1 rings (SSSR count). The van der Waals surface area contributed by atoms with Crippen LogP contribution in [0.25, 0.3) is 0 Å². The molecule has 0 spiro atoms. The highest BCUT2D eigenvalue weighted by molar-refractivity contribution is 5.77. The lowest BCUT2D eigenvalue weighted by atomic mass is 10.1. The van der Waals surface area contributed by atoms with E-state index in [0.29, 0.717) is 5.75 Å². The van der Waals surface area contributed by atoms with Crippen molar-refractivity contribution in [1.82, 2.24) is 5.32 Å². The Balaban J connectivity index is 2.43. The average molecular weight is 264 g/mol. The van der Waals surface area contributed by atoms with Crippen molar-refractivity contribution in [2.75, 3.05) is 6.61 Å². The molecule has 2 unspecified atom stereocenters. The van der Waals surface area contributed by atoms with E-state index in [9.17, 15) is 4.79 Å². The fraction of sp³-hybridized carbons (Fsp3) is 0.533. The summed E-state index contributed by atoms with van der Waals surface area (Å²) in [4.78, 5) is 11.7. The quantitative estimate of drug-likeness (QED) is 0.794. The SMILES string of the molecule is CCCC(C)NC(=O)COc1cccc(C(C)N)c1. The minimum atomic E-state index is -0.0906. The first-order valence-electron chi connectivity index (χ1n) is 6.80. The van der Waals surface area contributed by atoms with Gasteiger partial charge in [-0.1, -0.05) is 25.5 Å². The molecule has 3 N–H and O–H groups in total. The summed E-state index contributed by atoms with van der Waals surface area (Å²) in [5, 5.41) is 2.90. The molecule has 2 atom stereocenters. The van der Waals surface area contributed by atoms with Gasteiger partial charge in [-0.3, -0.25) is 4.79 Å². The largest absolute Gasteiger partial charge is 0.484 e. The van der Waals surface area contributed by atoms with Gasteiger partial charge in [-0.05, 0) is 38.0 Å². The summed E-state index contributed by atoms with van der Waals surface area (Å²) in [5.41, 5.74) is 6.80. The van der Waals surface area contributed by atoms with Crippen LogP contribution in [0.2, 0.25) is 0 Å². The van der Waals surface area contributed by atoms with E-state index in [2.05, 4.69) is 12.2 Å². The normalized spacial score (nSPS) is 13.7. The third kappa shape index (κ3) is 5.75. The molecule has 0 aliphatic carbocycles. The molecule has 0 bridgehead atoms. The molecule has 0 aromatic heterocycles. The minimum absolute atomic E-state index is 0.0382.